The van der Waals surface area contributed by atoms with Crippen LogP contribution in [0.25, 0.3) is 10.9 Å². The van der Waals surface area contributed by atoms with Crippen LogP contribution in [0.3, 0.4) is 0 Å². The third-order valence-electron chi connectivity index (χ3n) is 4.75. The minimum atomic E-state index is -4.39. The number of halogens is 3. The number of nitrogens with zero attached hydrogens (tertiary/aromatic N) is 1. The summed E-state index contributed by atoms with van der Waals surface area (Å²) in [5.41, 5.74) is 3.50. The Balaban J connectivity index is 1.83. The molecule has 0 aliphatic heterocycles. The van der Waals surface area contributed by atoms with E-state index in [9.17, 15) is 13.2 Å². The average molecular weight is 381 g/mol. The number of aryl methyl sites for hydroxylation is 1. The quantitative estimate of drug-likeness (QED) is 0.449. The Morgan fingerprint density at radius 2 is 1.82 bits per heavy atom. The summed E-state index contributed by atoms with van der Waals surface area (Å²) < 4.78 is 39.4. The molecule has 0 saturated heterocycles. The van der Waals surface area contributed by atoms with Crippen molar-refractivity contribution < 1.29 is 13.2 Å². The second-order valence-electron chi connectivity index (χ2n) is 6.65. The van der Waals surface area contributed by atoms with Crippen molar-refractivity contribution >= 4 is 16.6 Å². The highest BCUT2D eigenvalue weighted by Gasteiger charge is 2.31. The molecule has 2 aromatic carbocycles. The highest BCUT2D eigenvalue weighted by molar-refractivity contribution is 5.86. The molecule has 4 rings (SSSR count). The number of pyridine rings is 1. The molecule has 0 aliphatic carbocycles. The molecule has 0 spiro atoms. The molecule has 3 nitrogen and oxygen atoms in total. The summed E-state index contributed by atoms with van der Waals surface area (Å²) in [7, 11) is 0. The van der Waals surface area contributed by atoms with Gasteiger partial charge in [0.25, 0.3) is 0 Å². The molecule has 6 heteroatoms. The summed E-state index contributed by atoms with van der Waals surface area (Å²) in [6.45, 7) is 1.96. The van der Waals surface area contributed by atoms with Gasteiger partial charge in [-0.1, -0.05) is 30.3 Å². The molecule has 0 saturated carbocycles. The lowest BCUT2D eigenvalue weighted by Gasteiger charge is -2.22. The van der Waals surface area contributed by atoms with Crippen molar-refractivity contribution in [3.63, 3.8) is 0 Å². The van der Waals surface area contributed by atoms with Gasteiger partial charge in [-0.15, -0.1) is 0 Å². The topological polar surface area (TPSA) is 40.7 Å². The molecular weight excluding hydrogens is 363 g/mol. The first-order chi connectivity index (χ1) is 13.4. The fourth-order valence-electron chi connectivity index (χ4n) is 3.49. The van der Waals surface area contributed by atoms with Gasteiger partial charge < -0.3 is 10.3 Å². The van der Waals surface area contributed by atoms with Gasteiger partial charge in [-0.25, -0.2) is 0 Å². The van der Waals surface area contributed by atoms with E-state index in [1.165, 1.54) is 6.07 Å². The lowest BCUT2D eigenvalue weighted by atomic mass is 9.96. The Hall–Kier alpha value is -3.28. The summed E-state index contributed by atoms with van der Waals surface area (Å²) >= 11 is 0. The van der Waals surface area contributed by atoms with E-state index < -0.39 is 11.7 Å². The predicted molar refractivity (Wildman–Crippen MR) is 104 cm³/mol. The van der Waals surface area contributed by atoms with E-state index in [1.807, 2.05) is 43.3 Å². The third kappa shape index (κ3) is 3.45. The molecule has 2 heterocycles. The second kappa shape index (κ2) is 7.03. The van der Waals surface area contributed by atoms with E-state index >= 15 is 0 Å². The van der Waals surface area contributed by atoms with Crippen LogP contribution in [0.1, 0.15) is 28.4 Å². The van der Waals surface area contributed by atoms with Gasteiger partial charge in [0.05, 0.1) is 11.6 Å². The van der Waals surface area contributed by atoms with E-state index in [2.05, 4.69) is 15.3 Å². The van der Waals surface area contributed by atoms with E-state index in [0.717, 1.165) is 39.9 Å². The first-order valence-electron chi connectivity index (χ1n) is 8.84. The number of H-pyrrole nitrogens is 1. The molecule has 4 aromatic rings. The number of rotatable bonds is 4. The highest BCUT2D eigenvalue weighted by Crippen LogP contribution is 2.36. The lowest BCUT2D eigenvalue weighted by Crippen LogP contribution is -2.14. The third-order valence-corrected chi connectivity index (χ3v) is 4.75. The van der Waals surface area contributed by atoms with E-state index in [4.69, 9.17) is 0 Å². The zero-order valence-corrected chi connectivity index (χ0v) is 15.1. The van der Waals surface area contributed by atoms with Crippen LogP contribution in [0.15, 0.2) is 73.1 Å². The van der Waals surface area contributed by atoms with Gasteiger partial charge in [0.2, 0.25) is 0 Å². The summed E-state index contributed by atoms with van der Waals surface area (Å²) in [5.74, 6) is 0. The Morgan fingerprint density at radius 3 is 2.57 bits per heavy atom. The van der Waals surface area contributed by atoms with Crippen molar-refractivity contribution in [2.75, 3.05) is 5.32 Å². The summed E-state index contributed by atoms with van der Waals surface area (Å²) in [5, 5.41) is 4.30. The van der Waals surface area contributed by atoms with Crippen molar-refractivity contribution in [3.8, 4) is 0 Å². The molecule has 0 unspecified atom stereocenters. The number of alkyl halides is 3. The van der Waals surface area contributed by atoms with Crippen LogP contribution >= 0.6 is 0 Å². The molecule has 0 radical (unpaired) electrons. The number of benzene rings is 2. The number of nitrogens with one attached hydrogen (secondary N) is 2. The maximum atomic E-state index is 13.1. The van der Waals surface area contributed by atoms with Crippen molar-refractivity contribution in [1.82, 2.24) is 9.97 Å². The van der Waals surface area contributed by atoms with Crippen LogP contribution in [0.5, 0.6) is 0 Å². The van der Waals surface area contributed by atoms with Gasteiger partial charge in [0, 0.05) is 40.2 Å². The predicted octanol–water partition coefficient (Wildman–Crippen LogP) is 6.09. The molecule has 1 atom stereocenters. The van der Waals surface area contributed by atoms with Crippen LogP contribution < -0.4 is 5.32 Å². The first kappa shape index (κ1) is 18.1. The van der Waals surface area contributed by atoms with Crippen molar-refractivity contribution in [2.24, 2.45) is 0 Å². The minimum Gasteiger partial charge on any atom is -0.374 e. The molecule has 0 bridgehead atoms. The standard InChI is InChI=1S/C22H18F3N3/c1-14-20(18-9-2-3-10-19(18)27-14)21(15-6-5-11-26-13-15)28-17-8-4-7-16(12-17)22(23,24)25/h2-13,21,27-28H,1H3/t21-/m1/s1. The van der Waals surface area contributed by atoms with Crippen LogP contribution in [-0.2, 0) is 6.18 Å². The zero-order chi connectivity index (χ0) is 19.7. The Bertz CT molecular complexity index is 1100. The number of hydrogen-bond acceptors (Lipinski definition) is 2. The number of aromatic amines is 1. The van der Waals surface area contributed by atoms with E-state index in [-0.39, 0.29) is 6.04 Å². The number of hydrogen-bond donors (Lipinski definition) is 2. The van der Waals surface area contributed by atoms with Crippen molar-refractivity contribution in [2.45, 2.75) is 19.1 Å². The molecule has 0 fully saturated rings. The maximum Gasteiger partial charge on any atom is 0.416 e. The monoisotopic (exact) mass is 381 g/mol. The summed E-state index contributed by atoms with van der Waals surface area (Å²) in [6.07, 6.45) is -0.988. The lowest BCUT2D eigenvalue weighted by molar-refractivity contribution is -0.137. The smallest absolute Gasteiger partial charge is 0.374 e. The molecule has 0 amide bonds. The maximum absolute atomic E-state index is 13.1. The molecular formula is C22H18F3N3. The molecule has 142 valence electrons. The fraction of sp³-hybridized carbons (Fsp3) is 0.136. The molecule has 0 aliphatic rings. The SMILES string of the molecule is Cc1[nH]c2ccccc2c1[C@H](Nc1cccc(C(F)(F)F)c1)c1cccnc1. The van der Waals surface area contributed by atoms with Gasteiger partial charge >= 0.3 is 6.18 Å². The largest absolute Gasteiger partial charge is 0.416 e. The average Bonchev–Trinajstić information content (AvgIpc) is 3.02. The van der Waals surface area contributed by atoms with Crippen LogP contribution in [0.4, 0.5) is 18.9 Å². The van der Waals surface area contributed by atoms with Crippen molar-refractivity contribution in [3.05, 3.63) is 95.4 Å². The van der Waals surface area contributed by atoms with Gasteiger partial charge in [-0.3, -0.25) is 4.98 Å². The minimum absolute atomic E-state index is 0.353. The Morgan fingerprint density at radius 1 is 1.00 bits per heavy atom. The normalized spacial score (nSPS) is 12.9. The molecule has 2 aromatic heterocycles. The number of para-hydroxylation sites is 1. The first-order valence-corrected chi connectivity index (χ1v) is 8.84. The number of aromatic nitrogens is 2. The van der Waals surface area contributed by atoms with E-state index in [0.29, 0.717) is 5.69 Å². The highest BCUT2D eigenvalue weighted by atomic mass is 19.4. The van der Waals surface area contributed by atoms with E-state index in [1.54, 1.807) is 18.5 Å². The van der Waals surface area contributed by atoms with Crippen LogP contribution in [-0.4, -0.2) is 9.97 Å². The van der Waals surface area contributed by atoms with Crippen LogP contribution in [0.2, 0.25) is 0 Å². The summed E-state index contributed by atoms with van der Waals surface area (Å²) in [4.78, 5) is 7.55. The Labute approximate surface area is 160 Å². The molecule has 2 N–H and O–H groups in total. The number of fused-ring (bicyclic) bond motifs is 1. The summed E-state index contributed by atoms with van der Waals surface area (Å²) in [6, 6.07) is 16.5. The van der Waals surface area contributed by atoms with Gasteiger partial charge in [0.1, 0.15) is 0 Å². The van der Waals surface area contributed by atoms with Gasteiger partial charge in [-0.2, -0.15) is 13.2 Å². The van der Waals surface area contributed by atoms with Crippen LogP contribution in [0, 0.1) is 6.92 Å². The zero-order valence-electron chi connectivity index (χ0n) is 15.1. The Kier molecular flexibility index (Phi) is 4.55. The van der Waals surface area contributed by atoms with Gasteiger partial charge in [0.15, 0.2) is 0 Å². The van der Waals surface area contributed by atoms with Gasteiger partial charge in [-0.05, 0) is 42.8 Å². The van der Waals surface area contributed by atoms with Crippen molar-refractivity contribution in [1.29, 1.82) is 0 Å². The second-order valence-corrected chi connectivity index (χ2v) is 6.65. The number of anilines is 1. The fourth-order valence-corrected chi connectivity index (χ4v) is 3.49. The molecule has 28 heavy (non-hydrogen) atoms.